The maximum absolute atomic E-state index is 14.9. The van der Waals surface area contributed by atoms with Crippen molar-refractivity contribution < 1.29 is 13.2 Å². The van der Waals surface area contributed by atoms with Gasteiger partial charge in [-0.3, -0.25) is 0 Å². The number of halogens is 3. The Morgan fingerprint density at radius 2 is 1.53 bits per heavy atom. The summed E-state index contributed by atoms with van der Waals surface area (Å²) < 4.78 is 43.9. The maximum atomic E-state index is 14.9. The lowest BCUT2D eigenvalue weighted by molar-refractivity contribution is 0.500. The summed E-state index contributed by atoms with van der Waals surface area (Å²) >= 11 is 0. The van der Waals surface area contributed by atoms with E-state index in [1.54, 1.807) is 48.5 Å². The minimum absolute atomic E-state index is 0.215. The third-order valence-electron chi connectivity index (χ3n) is 6.31. The number of hydrogen-bond donors (Lipinski definition) is 0. The number of allylic oxidation sites excluding steroid dienone is 3. The number of hydrogen-bond acceptors (Lipinski definition) is 0. The first kappa shape index (κ1) is 22.1. The molecule has 1 aliphatic carbocycles. The zero-order valence-corrected chi connectivity index (χ0v) is 18.3. The molecule has 0 fully saturated rings. The van der Waals surface area contributed by atoms with Crippen LogP contribution < -0.4 is 0 Å². The highest BCUT2D eigenvalue weighted by Crippen LogP contribution is 2.34. The molecular weight excluding hydrogens is 405 g/mol. The maximum Gasteiger partial charge on any atom is 0.166 e. The van der Waals surface area contributed by atoms with Crippen molar-refractivity contribution in [2.45, 2.75) is 39.0 Å². The van der Waals surface area contributed by atoms with Gasteiger partial charge < -0.3 is 0 Å². The molecule has 0 nitrogen and oxygen atoms in total. The van der Waals surface area contributed by atoms with Crippen molar-refractivity contribution in [1.82, 2.24) is 0 Å². The summed E-state index contributed by atoms with van der Waals surface area (Å²) in [7, 11) is 0. The predicted octanol–water partition coefficient (Wildman–Crippen LogP) is 8.76. The van der Waals surface area contributed by atoms with Gasteiger partial charge in [-0.25, -0.2) is 13.2 Å². The number of benzene rings is 3. The van der Waals surface area contributed by atoms with Crippen LogP contribution in [0.3, 0.4) is 0 Å². The highest BCUT2D eigenvalue weighted by molar-refractivity contribution is 5.74. The molecule has 164 valence electrons. The van der Waals surface area contributed by atoms with Crippen molar-refractivity contribution in [2.24, 2.45) is 5.92 Å². The fourth-order valence-electron chi connectivity index (χ4n) is 4.38. The van der Waals surface area contributed by atoms with Crippen LogP contribution in [0.2, 0.25) is 0 Å². The van der Waals surface area contributed by atoms with Gasteiger partial charge in [-0.1, -0.05) is 74.0 Å². The number of rotatable bonds is 6. The average molecular weight is 433 g/mol. The van der Waals surface area contributed by atoms with E-state index in [1.807, 2.05) is 19.1 Å². The highest BCUT2D eigenvalue weighted by atomic mass is 19.2. The first-order valence-electron chi connectivity index (χ1n) is 11.2. The minimum atomic E-state index is -0.835. The van der Waals surface area contributed by atoms with Crippen molar-refractivity contribution >= 4 is 5.57 Å². The van der Waals surface area contributed by atoms with Crippen LogP contribution >= 0.6 is 0 Å². The summed E-state index contributed by atoms with van der Waals surface area (Å²) in [4.78, 5) is 0. The lowest BCUT2D eigenvalue weighted by Crippen LogP contribution is -2.02. The summed E-state index contributed by atoms with van der Waals surface area (Å²) in [6.45, 7) is 5.79. The van der Waals surface area contributed by atoms with Crippen LogP contribution in [0.15, 0.2) is 73.3 Å². The second-order valence-corrected chi connectivity index (χ2v) is 8.42. The van der Waals surface area contributed by atoms with E-state index in [1.165, 1.54) is 5.57 Å². The molecule has 3 aromatic rings. The highest BCUT2D eigenvalue weighted by Gasteiger charge is 2.16. The normalized spacial score (nSPS) is 16.0. The van der Waals surface area contributed by atoms with Gasteiger partial charge in [-0.15, -0.1) is 6.58 Å². The van der Waals surface area contributed by atoms with Crippen LogP contribution in [0.1, 0.15) is 43.7 Å². The SMILES string of the molecule is C=CC1CC=C(c2ccc(-c3ccc(-c4ccc(CCC)c(F)c4F)cc3)c(F)c2)CC1. The molecule has 3 heteroatoms. The Kier molecular flexibility index (Phi) is 6.64. The molecule has 0 radical (unpaired) electrons. The second kappa shape index (κ2) is 9.60. The van der Waals surface area contributed by atoms with E-state index in [0.29, 0.717) is 34.6 Å². The Labute approximate surface area is 188 Å². The van der Waals surface area contributed by atoms with Gasteiger partial charge in [0, 0.05) is 11.1 Å². The molecule has 0 aliphatic heterocycles. The largest absolute Gasteiger partial charge is 0.206 e. The molecule has 1 aliphatic rings. The van der Waals surface area contributed by atoms with Crippen LogP contribution in [-0.4, -0.2) is 0 Å². The molecule has 1 atom stereocenters. The first-order chi connectivity index (χ1) is 15.5. The van der Waals surface area contributed by atoms with E-state index >= 15 is 0 Å². The second-order valence-electron chi connectivity index (χ2n) is 8.42. The predicted molar refractivity (Wildman–Crippen MR) is 127 cm³/mol. The third kappa shape index (κ3) is 4.43. The van der Waals surface area contributed by atoms with Gasteiger partial charge in [0.2, 0.25) is 0 Å². The number of aryl methyl sites for hydroxylation is 1. The molecule has 1 unspecified atom stereocenters. The van der Waals surface area contributed by atoms with Crippen LogP contribution in [0, 0.1) is 23.4 Å². The van der Waals surface area contributed by atoms with E-state index in [2.05, 4.69) is 12.7 Å². The van der Waals surface area contributed by atoms with Crippen molar-refractivity contribution in [3.05, 3.63) is 102 Å². The Bertz CT molecular complexity index is 1160. The van der Waals surface area contributed by atoms with Gasteiger partial charge in [-0.05, 0) is 65.5 Å². The molecule has 4 rings (SSSR count). The van der Waals surface area contributed by atoms with E-state index in [-0.39, 0.29) is 11.4 Å². The third-order valence-corrected chi connectivity index (χ3v) is 6.31. The van der Waals surface area contributed by atoms with E-state index in [0.717, 1.165) is 31.2 Å². The Hall–Kier alpha value is -3.07. The van der Waals surface area contributed by atoms with Crippen molar-refractivity contribution in [2.75, 3.05) is 0 Å². The van der Waals surface area contributed by atoms with E-state index in [4.69, 9.17) is 0 Å². The lowest BCUT2D eigenvalue weighted by atomic mass is 9.86. The van der Waals surface area contributed by atoms with Gasteiger partial charge in [0.15, 0.2) is 11.6 Å². The quantitative estimate of drug-likeness (QED) is 0.342. The average Bonchev–Trinajstić information content (AvgIpc) is 2.82. The van der Waals surface area contributed by atoms with Crippen LogP contribution in [-0.2, 0) is 6.42 Å². The molecule has 0 heterocycles. The van der Waals surface area contributed by atoms with Gasteiger partial charge >= 0.3 is 0 Å². The summed E-state index contributed by atoms with van der Waals surface area (Å²) in [5.74, 6) is -1.41. The molecule has 0 amide bonds. The first-order valence-corrected chi connectivity index (χ1v) is 11.2. The molecule has 0 saturated carbocycles. The summed E-state index contributed by atoms with van der Waals surface area (Å²) in [6.07, 6.45) is 8.32. The van der Waals surface area contributed by atoms with Crippen molar-refractivity contribution in [3.63, 3.8) is 0 Å². The Balaban J connectivity index is 1.58. The molecule has 3 aromatic carbocycles. The van der Waals surface area contributed by atoms with Crippen molar-refractivity contribution in [3.8, 4) is 22.3 Å². The fraction of sp³-hybridized carbons (Fsp3) is 0.241. The molecule has 0 N–H and O–H groups in total. The Morgan fingerprint density at radius 1 is 0.875 bits per heavy atom. The summed E-state index contributed by atoms with van der Waals surface area (Å²) in [6, 6.07) is 15.5. The van der Waals surface area contributed by atoms with Gasteiger partial charge in [-0.2, -0.15) is 0 Å². The summed E-state index contributed by atoms with van der Waals surface area (Å²) in [5.41, 5.74) is 4.45. The monoisotopic (exact) mass is 432 g/mol. The Morgan fingerprint density at radius 3 is 2.12 bits per heavy atom. The lowest BCUT2D eigenvalue weighted by Gasteiger charge is -2.19. The van der Waals surface area contributed by atoms with E-state index < -0.39 is 11.6 Å². The summed E-state index contributed by atoms with van der Waals surface area (Å²) in [5, 5.41) is 0. The fourth-order valence-corrected chi connectivity index (χ4v) is 4.38. The topological polar surface area (TPSA) is 0 Å². The molecule has 0 saturated heterocycles. The minimum Gasteiger partial charge on any atom is -0.206 e. The van der Waals surface area contributed by atoms with E-state index in [9.17, 15) is 13.2 Å². The standard InChI is InChI=1S/C29H27F3/c1-3-5-23-14-17-26(29(32)28(23)31)22-12-10-21(11-13-22)25-16-15-24(18-27(25)30)20-8-6-19(4-2)7-9-20/h4,8,10-19H,2-3,5-7,9H2,1H3. The van der Waals surface area contributed by atoms with Crippen LogP contribution in [0.25, 0.3) is 27.8 Å². The zero-order valence-electron chi connectivity index (χ0n) is 18.3. The molecule has 0 spiro atoms. The molecular formula is C29H27F3. The van der Waals surface area contributed by atoms with Crippen LogP contribution in [0.4, 0.5) is 13.2 Å². The van der Waals surface area contributed by atoms with Gasteiger partial charge in [0.1, 0.15) is 5.82 Å². The smallest absolute Gasteiger partial charge is 0.166 e. The van der Waals surface area contributed by atoms with Gasteiger partial charge in [0.05, 0.1) is 0 Å². The van der Waals surface area contributed by atoms with Crippen LogP contribution in [0.5, 0.6) is 0 Å². The zero-order chi connectivity index (χ0) is 22.7. The molecule has 0 aromatic heterocycles. The molecule has 32 heavy (non-hydrogen) atoms. The van der Waals surface area contributed by atoms with Gasteiger partial charge in [0.25, 0.3) is 0 Å². The van der Waals surface area contributed by atoms with Crippen molar-refractivity contribution in [1.29, 1.82) is 0 Å². The molecule has 0 bridgehead atoms.